The lowest BCUT2D eigenvalue weighted by Gasteiger charge is -2.28. The van der Waals surface area contributed by atoms with Crippen LogP contribution >= 0.6 is 22.9 Å². The molecule has 0 fully saturated rings. The fourth-order valence-corrected chi connectivity index (χ4v) is 3.76. The first-order valence-corrected chi connectivity index (χ1v) is 9.38. The van der Waals surface area contributed by atoms with Gasteiger partial charge in [-0.3, -0.25) is 9.59 Å². The number of nitrogens with zero attached hydrogens (tertiary/aromatic N) is 2. The van der Waals surface area contributed by atoms with E-state index in [1.165, 1.54) is 11.3 Å². The maximum absolute atomic E-state index is 13.0. The minimum Gasteiger partial charge on any atom is -0.503 e. The number of aliphatic hydroxyl groups excluding tert-OH is 1. The third kappa shape index (κ3) is 3.53. The van der Waals surface area contributed by atoms with Gasteiger partial charge in [-0.2, -0.15) is 0 Å². The van der Waals surface area contributed by atoms with Crippen molar-refractivity contribution in [1.29, 1.82) is 0 Å². The first kappa shape index (κ1) is 18.6. The van der Waals surface area contributed by atoms with Crippen molar-refractivity contribution in [2.24, 2.45) is 0 Å². The van der Waals surface area contributed by atoms with Gasteiger partial charge in [-0.05, 0) is 43.2 Å². The summed E-state index contributed by atoms with van der Waals surface area (Å²) in [5.74, 6) is -1.31. The van der Waals surface area contributed by atoms with Gasteiger partial charge in [0.25, 0.3) is 5.91 Å². The van der Waals surface area contributed by atoms with Crippen LogP contribution in [0, 0.1) is 0 Å². The van der Waals surface area contributed by atoms with E-state index in [4.69, 9.17) is 11.6 Å². The first-order chi connectivity index (χ1) is 12.4. The molecule has 2 heterocycles. The van der Waals surface area contributed by atoms with Crippen LogP contribution in [0.4, 0.5) is 0 Å². The van der Waals surface area contributed by atoms with E-state index in [-0.39, 0.29) is 11.4 Å². The average Bonchev–Trinajstić information content (AvgIpc) is 3.22. The van der Waals surface area contributed by atoms with Gasteiger partial charge in [-0.25, -0.2) is 0 Å². The second-order valence-electron chi connectivity index (χ2n) is 6.32. The third-order valence-corrected chi connectivity index (χ3v) is 5.39. The highest BCUT2D eigenvalue weighted by atomic mass is 35.5. The van der Waals surface area contributed by atoms with Crippen molar-refractivity contribution in [1.82, 2.24) is 9.80 Å². The second-order valence-corrected chi connectivity index (χ2v) is 7.71. The topological polar surface area (TPSA) is 60.9 Å². The summed E-state index contributed by atoms with van der Waals surface area (Å²) >= 11 is 7.27. The van der Waals surface area contributed by atoms with Crippen molar-refractivity contribution >= 4 is 34.6 Å². The lowest BCUT2D eigenvalue weighted by molar-refractivity contribution is -0.129. The van der Waals surface area contributed by atoms with E-state index >= 15 is 0 Å². The largest absolute Gasteiger partial charge is 0.503 e. The number of carbonyl (C=O) groups is 2. The van der Waals surface area contributed by atoms with Crippen molar-refractivity contribution < 1.29 is 14.7 Å². The summed E-state index contributed by atoms with van der Waals surface area (Å²) in [4.78, 5) is 29.6. The van der Waals surface area contributed by atoms with Crippen LogP contribution in [0.5, 0.6) is 0 Å². The maximum Gasteiger partial charge on any atom is 0.290 e. The molecule has 0 bridgehead atoms. The summed E-state index contributed by atoms with van der Waals surface area (Å²) in [5.41, 5.74) is 0.865. The number of likely N-dealkylation sites (N-methyl/N-ethyl adjacent to an activating group) is 1. The van der Waals surface area contributed by atoms with Crippen LogP contribution < -0.4 is 0 Å². The molecule has 0 saturated heterocycles. The lowest BCUT2D eigenvalue weighted by Crippen LogP contribution is -2.36. The highest BCUT2D eigenvalue weighted by Crippen LogP contribution is 2.39. The SMILES string of the molecule is CN(C)CCN1C(=O)C(O)=C(C(=O)c2cccs2)[C@@H]1c1ccc(Cl)cc1. The van der Waals surface area contributed by atoms with Gasteiger partial charge >= 0.3 is 0 Å². The fourth-order valence-electron chi connectivity index (χ4n) is 2.96. The van der Waals surface area contributed by atoms with Crippen LogP contribution in [-0.4, -0.2) is 53.8 Å². The Hall–Kier alpha value is -2.15. The van der Waals surface area contributed by atoms with E-state index in [2.05, 4.69) is 0 Å². The number of halogens is 1. The molecule has 1 amide bonds. The van der Waals surface area contributed by atoms with E-state index in [0.29, 0.717) is 23.0 Å². The zero-order chi connectivity index (χ0) is 18.8. The predicted molar refractivity (Wildman–Crippen MR) is 103 cm³/mol. The monoisotopic (exact) mass is 390 g/mol. The summed E-state index contributed by atoms with van der Waals surface area (Å²) in [6, 6.07) is 9.83. The molecular formula is C19H19ClN2O3S. The van der Waals surface area contributed by atoms with Crippen molar-refractivity contribution in [2.45, 2.75) is 6.04 Å². The van der Waals surface area contributed by atoms with E-state index in [0.717, 1.165) is 5.56 Å². The van der Waals surface area contributed by atoms with Crippen LogP contribution in [0.1, 0.15) is 21.3 Å². The smallest absolute Gasteiger partial charge is 0.290 e. The predicted octanol–water partition coefficient (Wildman–Crippen LogP) is 3.54. The fraction of sp³-hybridized carbons (Fsp3) is 0.263. The van der Waals surface area contributed by atoms with Crippen LogP contribution in [0.3, 0.4) is 0 Å². The van der Waals surface area contributed by atoms with E-state index in [9.17, 15) is 14.7 Å². The standard InChI is InChI=1S/C19H19ClN2O3S/c1-21(2)9-10-22-16(12-5-7-13(20)8-6-12)15(18(24)19(22)25)17(23)14-4-3-11-26-14/h3-8,11,16,24H,9-10H2,1-2H3/t16-/m0/s1. The molecule has 26 heavy (non-hydrogen) atoms. The Morgan fingerprint density at radius 3 is 2.54 bits per heavy atom. The van der Waals surface area contributed by atoms with Gasteiger partial charge in [0.2, 0.25) is 5.78 Å². The lowest BCUT2D eigenvalue weighted by atomic mass is 9.95. The molecule has 136 valence electrons. The van der Waals surface area contributed by atoms with E-state index < -0.39 is 17.7 Å². The number of thiophene rings is 1. The van der Waals surface area contributed by atoms with Gasteiger partial charge in [-0.15, -0.1) is 11.3 Å². The van der Waals surface area contributed by atoms with Gasteiger partial charge in [0.1, 0.15) is 0 Å². The first-order valence-electron chi connectivity index (χ1n) is 8.12. The number of Topliss-reactive ketones (excluding diaryl/α,β-unsaturated/α-hetero) is 1. The normalized spacial score (nSPS) is 17.5. The molecule has 1 aromatic heterocycles. The van der Waals surface area contributed by atoms with Gasteiger partial charge in [-0.1, -0.05) is 29.8 Å². The quantitative estimate of drug-likeness (QED) is 0.766. The summed E-state index contributed by atoms with van der Waals surface area (Å²) in [7, 11) is 3.81. The zero-order valence-electron chi connectivity index (χ0n) is 14.5. The Morgan fingerprint density at radius 2 is 1.96 bits per heavy atom. The number of hydrogen-bond donors (Lipinski definition) is 1. The van der Waals surface area contributed by atoms with Crippen LogP contribution in [0.25, 0.3) is 0 Å². The van der Waals surface area contributed by atoms with Crippen molar-refractivity contribution in [3.8, 4) is 0 Å². The molecule has 7 heteroatoms. The molecule has 1 aliphatic rings. The summed E-state index contributed by atoms with van der Waals surface area (Å²) in [6.07, 6.45) is 0. The number of hydrogen-bond acceptors (Lipinski definition) is 5. The molecule has 0 spiro atoms. The maximum atomic E-state index is 13.0. The Labute approximate surface area is 161 Å². The van der Waals surface area contributed by atoms with Crippen molar-refractivity contribution in [2.75, 3.05) is 27.2 Å². The summed E-state index contributed by atoms with van der Waals surface area (Å²) in [5, 5.41) is 12.8. The Morgan fingerprint density at radius 1 is 1.27 bits per heavy atom. The number of carbonyl (C=O) groups excluding carboxylic acids is 2. The minimum absolute atomic E-state index is 0.124. The van der Waals surface area contributed by atoms with Crippen LogP contribution in [-0.2, 0) is 4.79 Å². The molecule has 5 nitrogen and oxygen atoms in total. The molecule has 1 aliphatic heterocycles. The van der Waals surface area contributed by atoms with Crippen molar-refractivity contribution in [3.63, 3.8) is 0 Å². The summed E-state index contributed by atoms with van der Waals surface area (Å²) < 4.78 is 0. The van der Waals surface area contributed by atoms with Gasteiger partial charge < -0.3 is 14.9 Å². The Balaban J connectivity index is 2.05. The van der Waals surface area contributed by atoms with Crippen molar-refractivity contribution in [3.05, 3.63) is 68.6 Å². The highest BCUT2D eigenvalue weighted by molar-refractivity contribution is 7.12. The third-order valence-electron chi connectivity index (χ3n) is 4.27. The molecule has 1 atom stereocenters. The molecule has 0 aliphatic carbocycles. The molecule has 2 aromatic rings. The van der Waals surface area contributed by atoms with Crippen LogP contribution in [0.15, 0.2) is 53.1 Å². The molecule has 1 aromatic carbocycles. The average molecular weight is 391 g/mol. The molecular weight excluding hydrogens is 372 g/mol. The number of benzene rings is 1. The van der Waals surface area contributed by atoms with Gasteiger partial charge in [0.05, 0.1) is 16.5 Å². The van der Waals surface area contributed by atoms with Gasteiger partial charge in [0, 0.05) is 18.1 Å². The van der Waals surface area contributed by atoms with E-state index in [1.807, 2.05) is 19.0 Å². The Kier molecular flexibility index (Phi) is 5.46. The molecule has 0 saturated carbocycles. The highest BCUT2D eigenvalue weighted by Gasteiger charge is 2.43. The molecule has 0 unspecified atom stereocenters. The Bertz CT molecular complexity index is 844. The minimum atomic E-state index is -0.630. The molecule has 0 radical (unpaired) electrons. The number of amides is 1. The van der Waals surface area contributed by atoms with E-state index in [1.54, 1.807) is 46.7 Å². The van der Waals surface area contributed by atoms with Gasteiger partial charge in [0.15, 0.2) is 5.76 Å². The molecule has 3 rings (SSSR count). The van der Waals surface area contributed by atoms with Crippen LogP contribution in [0.2, 0.25) is 5.02 Å². The number of rotatable bonds is 6. The zero-order valence-corrected chi connectivity index (χ0v) is 16.0. The second kappa shape index (κ2) is 7.61. The number of ketones is 1. The molecule has 1 N–H and O–H groups in total. The number of aliphatic hydroxyl groups is 1. The summed E-state index contributed by atoms with van der Waals surface area (Å²) in [6.45, 7) is 1.01.